The fraction of sp³-hybridized carbons (Fsp3) is 0.0952. The van der Waals surface area contributed by atoms with Crippen LogP contribution in [0, 0.1) is 0 Å². The average molecular weight is 333 g/mol. The van der Waals surface area contributed by atoms with Gasteiger partial charge in [-0.3, -0.25) is 4.79 Å². The monoisotopic (exact) mass is 333 g/mol. The smallest absolute Gasteiger partial charge is 0.150 e. The number of carbonyl (C=O) groups excluding carboxylic acids is 1. The van der Waals surface area contributed by atoms with Crippen LogP contribution < -0.4 is 15.8 Å². The lowest BCUT2D eigenvalue weighted by molar-refractivity contribution is 0.112. The number of para-hydroxylation sites is 2. The van der Waals surface area contributed by atoms with Gasteiger partial charge in [0.05, 0.1) is 11.4 Å². The lowest BCUT2D eigenvalue weighted by Crippen LogP contribution is -2.08. The first-order valence-corrected chi connectivity index (χ1v) is 8.04. The minimum absolute atomic E-state index is 0.718. The van der Waals surface area contributed by atoms with Crippen molar-refractivity contribution < 1.29 is 4.79 Å². The van der Waals surface area contributed by atoms with E-state index < -0.39 is 0 Å². The maximum absolute atomic E-state index is 10.3. The van der Waals surface area contributed by atoms with Gasteiger partial charge in [-0.15, -0.1) is 0 Å². The predicted octanol–water partition coefficient (Wildman–Crippen LogP) is 4.69. The van der Waals surface area contributed by atoms with Gasteiger partial charge in [-0.2, -0.15) is 0 Å². The molecule has 0 saturated heterocycles. The zero-order valence-corrected chi connectivity index (χ0v) is 14.5. The Morgan fingerprint density at radius 3 is 1.48 bits per heavy atom. The molecule has 0 aliphatic rings. The van der Waals surface area contributed by atoms with Gasteiger partial charge in [0.25, 0.3) is 0 Å². The molecule has 0 bridgehead atoms. The van der Waals surface area contributed by atoms with Crippen LogP contribution in [0.25, 0.3) is 0 Å². The molecule has 0 amide bonds. The molecular formula is C21H23N3O. The molecule has 0 aliphatic heterocycles. The fourth-order valence-electron chi connectivity index (χ4n) is 2.04. The van der Waals surface area contributed by atoms with Gasteiger partial charge in [-0.05, 0) is 48.5 Å². The second kappa shape index (κ2) is 9.78. The van der Waals surface area contributed by atoms with Crippen molar-refractivity contribution in [1.82, 2.24) is 0 Å². The third-order valence-corrected chi connectivity index (χ3v) is 3.44. The number of hydrogen-bond donors (Lipinski definition) is 2. The molecule has 3 aromatic rings. The summed E-state index contributed by atoms with van der Waals surface area (Å²) in [6, 6.07) is 27.5. The molecule has 4 heteroatoms. The molecule has 2 N–H and O–H groups in total. The van der Waals surface area contributed by atoms with E-state index in [-0.39, 0.29) is 0 Å². The molecule has 0 spiro atoms. The van der Waals surface area contributed by atoms with Crippen LogP contribution in [0.2, 0.25) is 0 Å². The highest BCUT2D eigenvalue weighted by molar-refractivity contribution is 5.75. The molecule has 3 aromatic carbocycles. The molecule has 0 aliphatic carbocycles. The molecule has 4 nitrogen and oxygen atoms in total. The molecule has 128 valence electrons. The van der Waals surface area contributed by atoms with E-state index in [1.807, 2.05) is 104 Å². The molecular weight excluding hydrogens is 310 g/mol. The fourth-order valence-corrected chi connectivity index (χ4v) is 2.04. The second-order valence-electron chi connectivity index (χ2n) is 5.59. The first kappa shape index (κ1) is 18.1. The van der Waals surface area contributed by atoms with Gasteiger partial charge < -0.3 is 15.8 Å². The summed E-state index contributed by atoms with van der Waals surface area (Å²) in [5, 5.41) is 0. The summed E-state index contributed by atoms with van der Waals surface area (Å²) in [7, 11) is 3.94. The Kier molecular flexibility index (Phi) is 7.07. The van der Waals surface area contributed by atoms with E-state index in [0.717, 1.165) is 28.9 Å². The van der Waals surface area contributed by atoms with E-state index in [1.165, 1.54) is 0 Å². The van der Waals surface area contributed by atoms with E-state index in [0.29, 0.717) is 0 Å². The molecule has 0 aromatic heterocycles. The number of rotatable bonds is 5. The van der Waals surface area contributed by atoms with Crippen LogP contribution in [0.5, 0.6) is 0 Å². The lowest BCUT2D eigenvalue weighted by atomic mass is 10.2. The second-order valence-corrected chi connectivity index (χ2v) is 5.59. The van der Waals surface area contributed by atoms with E-state index in [4.69, 9.17) is 0 Å². The summed E-state index contributed by atoms with van der Waals surface area (Å²) in [6.07, 6.45) is 0.847. The van der Waals surface area contributed by atoms with E-state index in [9.17, 15) is 4.79 Å². The minimum Gasteiger partial charge on any atom is -0.378 e. The summed E-state index contributed by atoms with van der Waals surface area (Å²) >= 11 is 0. The van der Waals surface area contributed by atoms with Crippen molar-refractivity contribution >= 4 is 23.3 Å². The highest BCUT2D eigenvalue weighted by Gasteiger charge is 1.93. The Morgan fingerprint density at radius 1 is 0.680 bits per heavy atom. The van der Waals surface area contributed by atoms with Gasteiger partial charge in [-0.25, -0.2) is 0 Å². The van der Waals surface area contributed by atoms with Crippen LogP contribution in [-0.4, -0.2) is 20.4 Å². The van der Waals surface area contributed by atoms with Crippen molar-refractivity contribution in [2.45, 2.75) is 0 Å². The topological polar surface area (TPSA) is 44.4 Å². The maximum Gasteiger partial charge on any atom is 0.150 e. The highest BCUT2D eigenvalue weighted by atomic mass is 16.1. The number of hydrazine groups is 1. The zero-order valence-electron chi connectivity index (χ0n) is 14.5. The van der Waals surface area contributed by atoms with Crippen molar-refractivity contribution in [3.05, 3.63) is 90.5 Å². The number of nitrogens with zero attached hydrogens (tertiary/aromatic N) is 1. The third kappa shape index (κ3) is 6.39. The van der Waals surface area contributed by atoms with E-state index in [2.05, 4.69) is 10.9 Å². The number of nitrogens with one attached hydrogen (secondary N) is 2. The maximum atomic E-state index is 10.3. The van der Waals surface area contributed by atoms with E-state index in [1.54, 1.807) is 0 Å². The van der Waals surface area contributed by atoms with Crippen LogP contribution in [0.15, 0.2) is 84.9 Å². The van der Waals surface area contributed by atoms with Gasteiger partial charge in [0.1, 0.15) is 6.29 Å². The highest BCUT2D eigenvalue weighted by Crippen LogP contribution is 2.10. The Balaban J connectivity index is 0.000000186. The van der Waals surface area contributed by atoms with Crippen LogP contribution in [0.1, 0.15) is 10.4 Å². The van der Waals surface area contributed by atoms with Crippen molar-refractivity contribution in [2.24, 2.45) is 0 Å². The summed E-state index contributed by atoms with van der Waals surface area (Å²) in [4.78, 5) is 12.3. The number of anilines is 3. The number of hydrogen-bond acceptors (Lipinski definition) is 4. The largest absolute Gasteiger partial charge is 0.378 e. The van der Waals surface area contributed by atoms with Crippen LogP contribution in [-0.2, 0) is 0 Å². The average Bonchev–Trinajstić information content (AvgIpc) is 2.68. The minimum atomic E-state index is 0.718. The predicted molar refractivity (Wildman–Crippen MR) is 106 cm³/mol. The standard InChI is InChI=1S/C12H12N2.C9H11NO/c1-3-7-11(8-4-1)13-14-12-9-5-2-6-10-12;1-10(2)9-5-3-8(7-11)4-6-9/h1-10,13-14H;3-7H,1-2H3. The normalized spacial score (nSPS) is 9.36. The third-order valence-electron chi connectivity index (χ3n) is 3.44. The van der Waals surface area contributed by atoms with Gasteiger partial charge in [0.2, 0.25) is 0 Å². The van der Waals surface area contributed by atoms with Gasteiger partial charge in [-0.1, -0.05) is 36.4 Å². The molecule has 25 heavy (non-hydrogen) atoms. The summed E-state index contributed by atoms with van der Waals surface area (Å²) < 4.78 is 0. The first-order valence-electron chi connectivity index (χ1n) is 8.04. The Morgan fingerprint density at radius 2 is 1.12 bits per heavy atom. The summed E-state index contributed by atoms with van der Waals surface area (Å²) in [6.45, 7) is 0. The quantitative estimate of drug-likeness (QED) is 0.525. The molecule has 0 fully saturated rings. The number of carbonyl (C=O) groups is 1. The SMILES string of the molecule is CN(C)c1ccc(C=O)cc1.c1ccc(NNc2ccccc2)cc1. The summed E-state index contributed by atoms with van der Waals surface area (Å²) in [5.41, 5.74) is 10.2. The molecule has 0 radical (unpaired) electrons. The van der Waals surface area contributed by atoms with E-state index >= 15 is 0 Å². The number of benzene rings is 3. The van der Waals surface area contributed by atoms with Crippen LogP contribution >= 0.6 is 0 Å². The molecule has 0 heterocycles. The van der Waals surface area contributed by atoms with Gasteiger partial charge >= 0.3 is 0 Å². The van der Waals surface area contributed by atoms with Crippen LogP contribution in [0.4, 0.5) is 17.1 Å². The first-order chi connectivity index (χ1) is 12.2. The zero-order chi connectivity index (χ0) is 17.9. The van der Waals surface area contributed by atoms with Crippen LogP contribution in [0.3, 0.4) is 0 Å². The van der Waals surface area contributed by atoms with Crippen molar-refractivity contribution in [3.8, 4) is 0 Å². The summed E-state index contributed by atoms with van der Waals surface area (Å²) in [5.74, 6) is 0. The number of aldehydes is 1. The molecule has 0 saturated carbocycles. The van der Waals surface area contributed by atoms with Crippen molar-refractivity contribution in [1.29, 1.82) is 0 Å². The Bertz CT molecular complexity index is 702. The molecule has 0 unspecified atom stereocenters. The Labute approximate surface area is 149 Å². The lowest BCUT2D eigenvalue weighted by Gasteiger charge is -2.11. The Hall–Kier alpha value is -3.27. The van der Waals surface area contributed by atoms with Gasteiger partial charge in [0.15, 0.2) is 0 Å². The molecule has 3 rings (SSSR count). The molecule has 0 atom stereocenters. The van der Waals surface area contributed by atoms with Crippen molar-refractivity contribution in [3.63, 3.8) is 0 Å². The van der Waals surface area contributed by atoms with Gasteiger partial charge in [0, 0.05) is 25.3 Å². The van der Waals surface area contributed by atoms with Crippen molar-refractivity contribution in [2.75, 3.05) is 29.8 Å².